The Kier molecular flexibility index (Phi) is 18.3. The van der Waals surface area contributed by atoms with E-state index in [9.17, 15) is 18.0 Å². The number of carbonyl (C=O) groups excluding carboxylic acids is 1. The molecule has 0 aliphatic carbocycles. The Bertz CT molecular complexity index is 1450. The van der Waals surface area contributed by atoms with Gasteiger partial charge in [0.15, 0.2) is 0 Å². The smallest absolute Gasteiger partial charge is 0.696 e. The van der Waals surface area contributed by atoms with Crippen LogP contribution in [0, 0.1) is 36.4 Å². The van der Waals surface area contributed by atoms with Gasteiger partial charge in [-0.05, 0) is 32.0 Å². The number of benzene rings is 3. The molecule has 3 aromatic carbocycles. The van der Waals surface area contributed by atoms with Gasteiger partial charge in [0, 0.05) is 44.2 Å². The minimum absolute atomic E-state index is 0. The average Bonchev–Trinajstić information content (AvgIpc) is 3.18. The third-order valence-corrected chi connectivity index (χ3v) is 4.74. The summed E-state index contributed by atoms with van der Waals surface area (Å²) in [6.45, 7) is 7.35. The maximum Gasteiger partial charge on any atom is 1.00 e. The molecular weight excluding hydrogens is 817 g/mol. The van der Waals surface area contributed by atoms with E-state index in [-0.39, 0.29) is 140 Å². The van der Waals surface area contributed by atoms with E-state index < -0.39 is 28.7 Å². The van der Waals surface area contributed by atoms with E-state index in [4.69, 9.17) is 21.3 Å². The number of anilines is 1. The molecule has 2 heterocycles. The first-order chi connectivity index (χ1) is 17.0. The number of nitrogens with two attached hydrogens (primary N) is 1. The number of ketones is 1. The van der Waals surface area contributed by atoms with Crippen LogP contribution in [-0.4, -0.2) is 38.4 Å². The second-order valence-corrected chi connectivity index (χ2v) is 7.77. The minimum Gasteiger partial charge on any atom is -0.696 e. The molecule has 0 saturated carbocycles. The Morgan fingerprint density at radius 2 is 1.80 bits per heavy atom. The summed E-state index contributed by atoms with van der Waals surface area (Å²) in [6.07, 6.45) is 1.15. The standard InChI is InChI=1S/C14H8F3N4.C9H7O2.C3H6O.Cs.Hf.2H2O/c15-8-2-3-9(18)13(17)11(8)6-1-4-10-7(12(6)16)5-20-14(19)21-10;1-6-5-11-9-3-2-7(10)4-8(6)9;1-3(2)4;;;;/h1-5,18H,(H2,19,20,21);2,4,10H,1,5H2;1-2H3;;;2*1H2/q-1;-3;;+1;;;. The normalized spacial score (nSPS) is 10.4. The van der Waals surface area contributed by atoms with Crippen LogP contribution < -0.4 is 79.4 Å². The maximum atomic E-state index is 14.5. The number of aromatic hydroxyl groups is 1. The molecule has 0 atom stereocenters. The predicted octanol–water partition coefficient (Wildman–Crippen LogP) is 1.27. The molecule has 4 aromatic rings. The van der Waals surface area contributed by atoms with E-state index in [2.05, 4.69) is 23.0 Å². The van der Waals surface area contributed by atoms with Crippen molar-refractivity contribution >= 4 is 28.3 Å². The van der Waals surface area contributed by atoms with Gasteiger partial charge in [-0.1, -0.05) is 11.8 Å². The van der Waals surface area contributed by atoms with Gasteiger partial charge in [-0.25, -0.2) is 35.3 Å². The molecule has 1 aliphatic rings. The van der Waals surface area contributed by atoms with Crippen LogP contribution in [0.3, 0.4) is 0 Å². The zero-order valence-corrected chi connectivity index (χ0v) is 31.7. The van der Waals surface area contributed by atoms with Crippen LogP contribution in [-0.2, 0) is 30.6 Å². The Morgan fingerprint density at radius 1 is 1.18 bits per heavy atom. The molecule has 0 spiro atoms. The predicted molar refractivity (Wildman–Crippen MR) is 137 cm³/mol. The van der Waals surface area contributed by atoms with Crippen LogP contribution in [0.4, 0.5) is 24.8 Å². The van der Waals surface area contributed by atoms with Gasteiger partial charge in [0.05, 0.1) is 16.5 Å². The van der Waals surface area contributed by atoms with Gasteiger partial charge in [-0.15, -0.1) is 11.4 Å². The number of phenolic OH excluding ortho intramolecular Hbond substituents is 1. The minimum atomic E-state index is -1.12. The third kappa shape index (κ3) is 10.0. The van der Waals surface area contributed by atoms with Gasteiger partial charge in [0.1, 0.15) is 23.2 Å². The SMILES string of the molecule is CC(C)=O.O.O.[CH2-][C-]1COc2[c-]cc(O)cc21.[Cs+].[Hf].[NH-]c1ccc(F)c(-c2ccc3nc(N)ncc3c2F)c1F. The van der Waals surface area contributed by atoms with Crippen LogP contribution in [0.2, 0.25) is 0 Å². The van der Waals surface area contributed by atoms with Gasteiger partial charge in [0.25, 0.3) is 0 Å². The van der Waals surface area contributed by atoms with Gasteiger partial charge >= 0.3 is 68.9 Å². The zero-order chi connectivity index (χ0) is 26.6. The summed E-state index contributed by atoms with van der Waals surface area (Å²) in [6, 6.07) is 10.4. The second-order valence-electron chi connectivity index (χ2n) is 7.77. The Labute approximate surface area is 306 Å². The first kappa shape index (κ1) is 40.5. The quantitative estimate of drug-likeness (QED) is 0.215. The van der Waals surface area contributed by atoms with Crippen LogP contribution in [0.15, 0.2) is 42.6 Å². The molecule has 0 amide bonds. The number of fused-ring (bicyclic) bond motifs is 2. The van der Waals surface area contributed by atoms with Crippen molar-refractivity contribution < 1.29 is 133 Å². The number of halogens is 3. The number of phenols is 1. The van der Waals surface area contributed by atoms with Crippen LogP contribution in [0.5, 0.6) is 11.5 Å². The monoisotopic (exact) mass is 843 g/mol. The number of nitrogen functional groups attached to an aromatic ring is 1. The molecule has 9 nitrogen and oxygen atoms in total. The number of hydrogen-bond donors (Lipinski definition) is 2. The molecular formula is C26H25CsF3HfN4O5-3. The van der Waals surface area contributed by atoms with Crippen molar-refractivity contribution in [2.24, 2.45) is 0 Å². The fourth-order valence-corrected chi connectivity index (χ4v) is 3.17. The number of aromatic nitrogens is 2. The van der Waals surface area contributed by atoms with Gasteiger partial charge in [0.2, 0.25) is 5.95 Å². The van der Waals surface area contributed by atoms with Gasteiger partial charge in [-0.3, -0.25) is 5.56 Å². The number of nitrogens with zero attached hydrogens (tertiary/aromatic N) is 2. The molecule has 1 aromatic heterocycles. The maximum absolute atomic E-state index is 14.5. The first-order valence-corrected chi connectivity index (χ1v) is 10.4. The number of rotatable bonds is 1. The van der Waals surface area contributed by atoms with Gasteiger partial charge < -0.3 is 49.9 Å². The molecule has 40 heavy (non-hydrogen) atoms. The van der Waals surface area contributed by atoms with E-state index in [1.54, 1.807) is 6.07 Å². The number of ether oxygens (including phenoxy) is 1. The summed E-state index contributed by atoms with van der Waals surface area (Å²) >= 11 is 0. The number of hydrogen-bond acceptors (Lipinski definition) is 6. The molecule has 208 valence electrons. The van der Waals surface area contributed by atoms with Gasteiger partial charge in [-0.2, -0.15) is 6.07 Å². The van der Waals surface area contributed by atoms with Crippen molar-refractivity contribution in [3.05, 3.63) is 90.3 Å². The molecule has 0 unspecified atom stereocenters. The Balaban J connectivity index is 0. The number of carbonyl (C=O) groups is 1. The fourth-order valence-electron chi connectivity index (χ4n) is 3.17. The summed E-state index contributed by atoms with van der Waals surface area (Å²) in [5.41, 5.74) is 12.5. The summed E-state index contributed by atoms with van der Waals surface area (Å²) in [5.74, 6) is -1.01. The summed E-state index contributed by atoms with van der Waals surface area (Å²) in [4.78, 5) is 16.9. The van der Waals surface area contributed by atoms with Crippen LogP contribution in [0.25, 0.3) is 27.8 Å². The number of Topliss-reactive ketones (excluding diaryl/α,β-unsaturated/α-hetero) is 1. The Morgan fingerprint density at radius 3 is 2.42 bits per heavy atom. The molecule has 1 aliphatic heterocycles. The third-order valence-electron chi connectivity index (χ3n) is 4.74. The average molecular weight is 842 g/mol. The van der Waals surface area contributed by atoms with Crippen molar-refractivity contribution in [2.75, 3.05) is 12.3 Å². The Hall–Kier alpha value is -1.63. The van der Waals surface area contributed by atoms with Crippen molar-refractivity contribution in [3.8, 4) is 22.6 Å². The van der Waals surface area contributed by atoms with E-state index in [1.807, 2.05) is 0 Å². The number of nitrogens with one attached hydrogen (secondary N) is 1. The summed E-state index contributed by atoms with van der Waals surface area (Å²) in [5, 5.41) is 9.08. The van der Waals surface area contributed by atoms with Crippen LogP contribution >= 0.6 is 0 Å². The molecule has 0 saturated heterocycles. The molecule has 8 N–H and O–H groups in total. The topological polar surface area (TPSA) is 185 Å². The molecule has 0 bridgehead atoms. The van der Waals surface area contributed by atoms with Crippen molar-refractivity contribution in [3.63, 3.8) is 0 Å². The molecule has 0 radical (unpaired) electrons. The summed E-state index contributed by atoms with van der Waals surface area (Å²) in [7, 11) is 0. The molecule has 0 fully saturated rings. The molecule has 14 heteroatoms. The van der Waals surface area contributed by atoms with Crippen LogP contribution in [0.1, 0.15) is 19.4 Å². The van der Waals surface area contributed by atoms with E-state index >= 15 is 0 Å². The van der Waals surface area contributed by atoms with E-state index in [0.29, 0.717) is 12.4 Å². The molecule has 5 rings (SSSR count). The fraction of sp³-hybridized carbons (Fsp3) is 0.115. The largest absolute Gasteiger partial charge is 1.00 e. The van der Waals surface area contributed by atoms with E-state index in [0.717, 1.165) is 29.8 Å². The first-order valence-electron chi connectivity index (χ1n) is 10.4. The van der Waals surface area contributed by atoms with Crippen molar-refractivity contribution in [1.82, 2.24) is 9.97 Å². The van der Waals surface area contributed by atoms with Crippen molar-refractivity contribution in [2.45, 2.75) is 13.8 Å². The van der Waals surface area contributed by atoms with E-state index in [1.165, 1.54) is 32.0 Å². The van der Waals surface area contributed by atoms with Crippen molar-refractivity contribution in [1.29, 1.82) is 0 Å². The second kappa shape index (κ2) is 18.0. The summed E-state index contributed by atoms with van der Waals surface area (Å²) < 4.78 is 47.4. The zero-order valence-electron chi connectivity index (χ0n) is 21.8.